The number of allylic oxidation sites excluding steroid dienone is 1. The molecule has 3 aromatic heterocycles. The van der Waals surface area contributed by atoms with Crippen molar-refractivity contribution in [1.82, 2.24) is 19.6 Å². The maximum atomic E-state index is 9.40. The fourth-order valence-electron chi connectivity index (χ4n) is 5.06. The number of hydrogen-bond acceptors (Lipinski definition) is 8. The summed E-state index contributed by atoms with van der Waals surface area (Å²) in [5, 5.41) is 13.6. The van der Waals surface area contributed by atoms with Crippen molar-refractivity contribution >= 4 is 17.5 Å². The Kier molecular flexibility index (Phi) is 12.0. The zero-order valence-electron chi connectivity index (χ0n) is 25.7. The van der Waals surface area contributed by atoms with Crippen molar-refractivity contribution in [2.75, 3.05) is 18.0 Å². The third-order valence-electron chi connectivity index (χ3n) is 7.52. The summed E-state index contributed by atoms with van der Waals surface area (Å²) in [6.45, 7) is 13.4. The molecule has 0 aliphatic carbocycles. The number of aromatic nitrogens is 4. The van der Waals surface area contributed by atoms with Crippen LogP contribution in [0.4, 0.5) is 5.82 Å². The molecule has 1 fully saturated rings. The van der Waals surface area contributed by atoms with Crippen molar-refractivity contribution in [3.63, 3.8) is 0 Å². The standard InChI is InChI=1S/C25H24N6.C7H14N2.C2H5N/c1-2-25(21-6-4-3-5-7-21)10-13-30(14-11-25)22-9-8-19(17-28-22)23-24-20(16-26)18-29-31(24)15-12-27-23;1-6(2)9-5-7(3)4-8;1-2-3/h3-9,12,15,17-18H,2,10-11,13-14H2,1H3;4-6H,8H2,1-3H3;2H,1,3H2/b;7-4-,9-5?;. The predicted octanol–water partition coefficient (Wildman–Crippen LogP) is 6.03. The maximum Gasteiger partial charge on any atom is 0.128 e. The van der Waals surface area contributed by atoms with Gasteiger partial charge in [-0.1, -0.05) is 43.8 Å². The van der Waals surface area contributed by atoms with E-state index in [4.69, 9.17) is 10.7 Å². The average Bonchev–Trinajstić information content (AvgIpc) is 3.48. The Morgan fingerprint density at radius 3 is 2.37 bits per heavy atom. The van der Waals surface area contributed by atoms with Gasteiger partial charge in [0.25, 0.3) is 0 Å². The first-order chi connectivity index (χ1) is 20.8. The summed E-state index contributed by atoms with van der Waals surface area (Å²) in [7, 11) is 0. The molecule has 1 saturated heterocycles. The number of nitrogens with zero attached hydrogens (tertiary/aromatic N) is 7. The Hall–Kier alpha value is -4.97. The van der Waals surface area contributed by atoms with Gasteiger partial charge in [-0.25, -0.2) is 9.50 Å². The van der Waals surface area contributed by atoms with E-state index in [1.54, 1.807) is 35.5 Å². The fourth-order valence-corrected chi connectivity index (χ4v) is 5.06. The normalized spacial score (nSPS) is 14.4. The second-order valence-corrected chi connectivity index (χ2v) is 10.6. The van der Waals surface area contributed by atoms with Crippen molar-refractivity contribution in [1.29, 1.82) is 5.26 Å². The molecule has 4 N–H and O–H groups in total. The molecule has 1 aromatic carbocycles. The average molecular weight is 578 g/mol. The minimum absolute atomic E-state index is 0.257. The van der Waals surface area contributed by atoms with Crippen molar-refractivity contribution in [2.24, 2.45) is 16.5 Å². The Balaban J connectivity index is 0.000000360. The highest BCUT2D eigenvalue weighted by Crippen LogP contribution is 2.39. The van der Waals surface area contributed by atoms with Crippen LogP contribution in [-0.2, 0) is 5.41 Å². The number of hydrogen-bond donors (Lipinski definition) is 2. The molecule has 9 heteroatoms. The third-order valence-corrected chi connectivity index (χ3v) is 7.52. The van der Waals surface area contributed by atoms with E-state index in [1.807, 2.05) is 33.0 Å². The molecule has 43 heavy (non-hydrogen) atoms. The number of nitrogens with two attached hydrogens (primary N) is 2. The molecule has 0 bridgehead atoms. The highest BCUT2D eigenvalue weighted by atomic mass is 15.2. The van der Waals surface area contributed by atoms with E-state index in [2.05, 4.69) is 81.7 Å². The van der Waals surface area contributed by atoms with Gasteiger partial charge in [-0.2, -0.15) is 10.4 Å². The lowest BCUT2D eigenvalue weighted by atomic mass is 9.71. The summed E-state index contributed by atoms with van der Waals surface area (Å²) in [6.07, 6.45) is 14.9. The number of piperidine rings is 1. The second kappa shape index (κ2) is 15.9. The number of rotatable bonds is 6. The summed E-state index contributed by atoms with van der Waals surface area (Å²) >= 11 is 0. The van der Waals surface area contributed by atoms with E-state index in [9.17, 15) is 5.26 Å². The van der Waals surface area contributed by atoms with E-state index in [0.717, 1.165) is 55.0 Å². The maximum absolute atomic E-state index is 9.40. The van der Waals surface area contributed by atoms with Crippen LogP contribution in [0.15, 0.2) is 96.8 Å². The number of nitriles is 1. The molecule has 0 spiro atoms. The van der Waals surface area contributed by atoms with Gasteiger partial charge in [0.1, 0.15) is 23.0 Å². The molecule has 0 atom stereocenters. The van der Waals surface area contributed by atoms with Crippen molar-refractivity contribution in [3.8, 4) is 17.3 Å². The molecule has 0 amide bonds. The van der Waals surface area contributed by atoms with Crippen LogP contribution in [0.25, 0.3) is 16.8 Å². The van der Waals surface area contributed by atoms with Crippen LogP contribution in [0.5, 0.6) is 0 Å². The lowest BCUT2D eigenvalue weighted by Crippen LogP contribution is -2.42. The van der Waals surface area contributed by atoms with Gasteiger partial charge >= 0.3 is 0 Å². The number of benzene rings is 1. The Morgan fingerprint density at radius 2 is 1.81 bits per heavy atom. The Labute approximate surface area is 255 Å². The minimum atomic E-state index is 0.257. The molecule has 224 valence electrons. The molecular weight excluding hydrogens is 534 g/mol. The van der Waals surface area contributed by atoms with E-state index < -0.39 is 0 Å². The molecular formula is C34H43N9. The third kappa shape index (κ3) is 8.29. The zero-order valence-corrected chi connectivity index (χ0v) is 25.7. The SMILES string of the molecule is C/C(C=NC(C)C)=C/N.C=CN.CCC1(c2ccccc2)CCN(c2ccc(-c3nccn4ncc(C#N)c34)cn2)CC1. The van der Waals surface area contributed by atoms with Crippen LogP contribution in [0.2, 0.25) is 0 Å². The molecule has 0 radical (unpaired) electrons. The Bertz CT molecular complexity index is 1540. The molecule has 4 aromatic rings. The summed E-state index contributed by atoms with van der Waals surface area (Å²) in [5.41, 5.74) is 15.4. The number of anilines is 1. The van der Waals surface area contributed by atoms with Gasteiger partial charge in [-0.15, -0.1) is 0 Å². The van der Waals surface area contributed by atoms with E-state index >= 15 is 0 Å². The quantitative estimate of drug-likeness (QED) is 0.267. The minimum Gasteiger partial charge on any atom is -0.405 e. The molecule has 4 heterocycles. The van der Waals surface area contributed by atoms with Gasteiger partial charge in [-0.05, 0) is 81.1 Å². The van der Waals surface area contributed by atoms with Gasteiger partial charge in [0.15, 0.2) is 0 Å². The van der Waals surface area contributed by atoms with Crippen molar-refractivity contribution in [3.05, 3.63) is 103 Å². The van der Waals surface area contributed by atoms with E-state index in [0.29, 0.717) is 17.1 Å². The predicted molar refractivity (Wildman–Crippen MR) is 177 cm³/mol. The van der Waals surface area contributed by atoms with Crippen LogP contribution >= 0.6 is 0 Å². The zero-order chi connectivity index (χ0) is 31.2. The van der Waals surface area contributed by atoms with E-state index in [1.165, 1.54) is 11.8 Å². The van der Waals surface area contributed by atoms with Gasteiger partial charge in [0.2, 0.25) is 0 Å². The lowest BCUT2D eigenvalue weighted by molar-refractivity contribution is 0.319. The van der Waals surface area contributed by atoms with Crippen molar-refractivity contribution < 1.29 is 0 Å². The molecule has 5 rings (SSSR count). The van der Waals surface area contributed by atoms with Gasteiger partial charge in [0.05, 0.1) is 11.9 Å². The van der Waals surface area contributed by atoms with Crippen LogP contribution in [-0.4, -0.2) is 44.9 Å². The Morgan fingerprint density at radius 1 is 1.12 bits per heavy atom. The molecule has 1 aliphatic rings. The summed E-state index contributed by atoms with van der Waals surface area (Å²) in [4.78, 5) is 15.7. The fraction of sp³-hybridized carbons (Fsp3) is 0.324. The summed E-state index contributed by atoms with van der Waals surface area (Å²) < 4.78 is 1.69. The van der Waals surface area contributed by atoms with Crippen molar-refractivity contribution in [2.45, 2.75) is 58.4 Å². The smallest absolute Gasteiger partial charge is 0.128 e. The van der Waals surface area contributed by atoms with E-state index in [-0.39, 0.29) is 5.41 Å². The number of fused-ring (bicyclic) bond motifs is 1. The molecule has 0 unspecified atom stereocenters. The molecule has 0 saturated carbocycles. The first kappa shape index (κ1) is 32.5. The molecule has 9 nitrogen and oxygen atoms in total. The second-order valence-electron chi connectivity index (χ2n) is 10.6. The topological polar surface area (TPSA) is 135 Å². The summed E-state index contributed by atoms with van der Waals surface area (Å²) in [5.74, 6) is 0.988. The first-order valence-electron chi connectivity index (χ1n) is 14.6. The van der Waals surface area contributed by atoms with Crippen LogP contribution < -0.4 is 16.4 Å². The highest BCUT2D eigenvalue weighted by molar-refractivity contribution is 5.81. The number of pyridine rings is 1. The number of aliphatic imine (C=N–C) groups is 1. The summed E-state index contributed by atoms with van der Waals surface area (Å²) in [6, 6.07) is 17.6. The van der Waals surface area contributed by atoms with Crippen LogP contribution in [0.3, 0.4) is 0 Å². The monoisotopic (exact) mass is 577 g/mol. The van der Waals surface area contributed by atoms with Crippen LogP contribution in [0, 0.1) is 11.3 Å². The lowest BCUT2D eigenvalue weighted by Gasteiger charge is -2.42. The van der Waals surface area contributed by atoms with Gasteiger partial charge < -0.3 is 16.4 Å². The van der Waals surface area contributed by atoms with Crippen LogP contribution in [0.1, 0.15) is 58.1 Å². The molecule has 1 aliphatic heterocycles. The first-order valence-corrected chi connectivity index (χ1v) is 14.6. The largest absolute Gasteiger partial charge is 0.405 e. The highest BCUT2D eigenvalue weighted by Gasteiger charge is 2.34. The van der Waals surface area contributed by atoms with Gasteiger partial charge in [-0.3, -0.25) is 9.98 Å². The van der Waals surface area contributed by atoms with Gasteiger partial charge in [0, 0.05) is 49.5 Å².